The molecule has 0 fully saturated rings. The van der Waals surface area contributed by atoms with Crippen molar-refractivity contribution in [3.8, 4) is 5.88 Å². The minimum absolute atomic E-state index is 0.0607. The second-order valence-corrected chi connectivity index (χ2v) is 6.45. The zero-order valence-electron chi connectivity index (χ0n) is 15.1. The third-order valence-electron chi connectivity index (χ3n) is 3.51. The third-order valence-corrected chi connectivity index (χ3v) is 4.31. The minimum atomic E-state index is -0.441. The van der Waals surface area contributed by atoms with Crippen LogP contribution in [0.4, 0.5) is 5.13 Å². The average molecular weight is 398 g/mol. The van der Waals surface area contributed by atoms with E-state index in [0.717, 1.165) is 5.56 Å². The van der Waals surface area contributed by atoms with Crippen LogP contribution in [0.3, 0.4) is 0 Å². The molecule has 0 radical (unpaired) electrons. The fourth-order valence-corrected chi connectivity index (χ4v) is 2.95. The highest BCUT2D eigenvalue weighted by molar-refractivity contribution is 7.14. The number of hydrogen-bond donors (Lipinski definition) is 1. The lowest BCUT2D eigenvalue weighted by Gasteiger charge is -2.06. The van der Waals surface area contributed by atoms with Gasteiger partial charge in [0.25, 0.3) is 5.91 Å². The Morgan fingerprint density at radius 3 is 2.79 bits per heavy atom. The number of rotatable bonds is 8. The van der Waals surface area contributed by atoms with Crippen molar-refractivity contribution in [3.63, 3.8) is 0 Å². The molecular formula is C19H18N4O4S. The number of amides is 1. The van der Waals surface area contributed by atoms with Crippen molar-refractivity contribution >= 4 is 28.3 Å². The number of aromatic nitrogens is 3. The fourth-order valence-electron chi connectivity index (χ4n) is 2.24. The molecule has 3 aromatic rings. The summed E-state index contributed by atoms with van der Waals surface area (Å²) in [5.41, 5.74) is 1.68. The molecule has 1 aromatic carbocycles. The number of benzene rings is 1. The van der Waals surface area contributed by atoms with Gasteiger partial charge in [0.1, 0.15) is 18.6 Å². The highest BCUT2D eigenvalue weighted by Crippen LogP contribution is 2.18. The normalized spacial score (nSPS) is 10.3. The highest BCUT2D eigenvalue weighted by atomic mass is 32.1. The first-order valence-electron chi connectivity index (χ1n) is 8.54. The largest absolute Gasteiger partial charge is 0.473 e. The van der Waals surface area contributed by atoms with Crippen LogP contribution in [0.2, 0.25) is 0 Å². The first kappa shape index (κ1) is 19.4. The molecule has 0 saturated carbocycles. The maximum absolute atomic E-state index is 12.4. The molecule has 1 N–H and O–H groups in total. The van der Waals surface area contributed by atoms with E-state index >= 15 is 0 Å². The molecule has 0 spiro atoms. The Bertz CT molecular complexity index is 946. The molecule has 0 atom stereocenters. The van der Waals surface area contributed by atoms with Crippen molar-refractivity contribution in [2.45, 2.75) is 20.0 Å². The van der Waals surface area contributed by atoms with Crippen molar-refractivity contribution in [2.75, 3.05) is 11.9 Å². The van der Waals surface area contributed by atoms with Gasteiger partial charge in [-0.1, -0.05) is 30.3 Å². The molecule has 3 rings (SSSR count). The summed E-state index contributed by atoms with van der Waals surface area (Å²) in [5, 5.41) is 4.72. The maximum Gasteiger partial charge on any atom is 0.311 e. The van der Waals surface area contributed by atoms with Gasteiger partial charge in [-0.05, 0) is 12.5 Å². The lowest BCUT2D eigenvalue weighted by atomic mass is 10.2. The quantitative estimate of drug-likeness (QED) is 0.582. The Labute approximate surface area is 165 Å². The van der Waals surface area contributed by atoms with E-state index in [9.17, 15) is 9.59 Å². The summed E-state index contributed by atoms with van der Waals surface area (Å²) in [5.74, 6) is -0.503. The first-order valence-corrected chi connectivity index (χ1v) is 9.42. The van der Waals surface area contributed by atoms with E-state index in [1.54, 1.807) is 12.3 Å². The number of nitrogens with one attached hydrogen (secondary N) is 1. The van der Waals surface area contributed by atoms with Crippen LogP contribution < -0.4 is 10.1 Å². The Morgan fingerprint density at radius 2 is 2.00 bits per heavy atom. The van der Waals surface area contributed by atoms with Crippen LogP contribution in [-0.2, 0) is 22.6 Å². The fraction of sp³-hybridized carbons (Fsp3) is 0.211. The number of thiazole rings is 1. The van der Waals surface area contributed by atoms with Gasteiger partial charge in [0.05, 0.1) is 18.7 Å². The summed E-state index contributed by atoms with van der Waals surface area (Å²) in [7, 11) is 0. The maximum atomic E-state index is 12.4. The number of ether oxygens (including phenoxy) is 2. The predicted molar refractivity (Wildman–Crippen MR) is 103 cm³/mol. The first-order chi connectivity index (χ1) is 13.6. The summed E-state index contributed by atoms with van der Waals surface area (Å²) in [4.78, 5) is 36.1. The number of carbonyl (C=O) groups excluding carboxylic acids is 2. The predicted octanol–water partition coefficient (Wildman–Crippen LogP) is 2.87. The zero-order valence-corrected chi connectivity index (χ0v) is 15.9. The lowest BCUT2D eigenvalue weighted by Crippen LogP contribution is -2.14. The molecule has 0 aliphatic rings. The number of esters is 1. The molecule has 0 unspecified atom stereocenters. The Hall–Kier alpha value is -3.33. The summed E-state index contributed by atoms with van der Waals surface area (Å²) < 4.78 is 10.5. The van der Waals surface area contributed by atoms with Crippen LogP contribution in [0.1, 0.15) is 28.7 Å². The van der Waals surface area contributed by atoms with Crippen molar-refractivity contribution in [1.29, 1.82) is 0 Å². The van der Waals surface area contributed by atoms with E-state index in [1.165, 1.54) is 23.7 Å². The van der Waals surface area contributed by atoms with Crippen molar-refractivity contribution in [2.24, 2.45) is 0 Å². The summed E-state index contributed by atoms with van der Waals surface area (Å²) in [6.07, 6.45) is 1.33. The molecule has 8 nitrogen and oxygen atoms in total. The molecule has 0 aliphatic carbocycles. The van der Waals surface area contributed by atoms with Crippen molar-refractivity contribution in [1.82, 2.24) is 15.0 Å². The Morgan fingerprint density at radius 1 is 1.18 bits per heavy atom. The number of hydrogen-bond acceptors (Lipinski definition) is 8. The SMILES string of the molecule is CCOC(=O)Cc1csc(NC(=O)c2cc(OCc3ccccc3)ncn2)n1. The van der Waals surface area contributed by atoms with Gasteiger partial charge >= 0.3 is 5.97 Å². The molecule has 0 aliphatic heterocycles. The average Bonchev–Trinajstić information content (AvgIpc) is 3.14. The van der Waals surface area contributed by atoms with Gasteiger partial charge in [-0.3, -0.25) is 14.9 Å². The monoisotopic (exact) mass is 398 g/mol. The Balaban J connectivity index is 1.58. The topological polar surface area (TPSA) is 103 Å². The number of nitrogens with zero attached hydrogens (tertiary/aromatic N) is 3. The minimum Gasteiger partial charge on any atom is -0.473 e. The standard InChI is InChI=1S/C19H18N4O4S/c1-2-26-17(24)8-14-11-28-19(22-14)23-18(25)15-9-16(21-12-20-15)27-10-13-6-4-3-5-7-13/h3-7,9,11-12H,2,8,10H2,1H3,(H,22,23,25). The van der Waals surface area contributed by atoms with Gasteiger partial charge in [-0.25, -0.2) is 15.0 Å². The van der Waals surface area contributed by atoms with Gasteiger partial charge < -0.3 is 9.47 Å². The van der Waals surface area contributed by atoms with Crippen molar-refractivity contribution < 1.29 is 19.1 Å². The van der Waals surface area contributed by atoms with E-state index < -0.39 is 5.91 Å². The van der Waals surface area contributed by atoms with Gasteiger partial charge in [-0.15, -0.1) is 11.3 Å². The molecule has 1 amide bonds. The molecule has 0 bridgehead atoms. The van der Waals surface area contributed by atoms with E-state index in [4.69, 9.17) is 9.47 Å². The van der Waals surface area contributed by atoms with Crippen LogP contribution in [0.15, 0.2) is 48.1 Å². The van der Waals surface area contributed by atoms with E-state index in [-0.39, 0.29) is 18.1 Å². The van der Waals surface area contributed by atoms with Gasteiger partial charge in [0, 0.05) is 11.4 Å². The highest BCUT2D eigenvalue weighted by Gasteiger charge is 2.13. The number of anilines is 1. The summed E-state index contributed by atoms with van der Waals surface area (Å²) >= 11 is 1.22. The molecule has 28 heavy (non-hydrogen) atoms. The second kappa shape index (κ2) is 9.56. The van der Waals surface area contributed by atoms with Gasteiger partial charge in [0.15, 0.2) is 5.13 Å². The smallest absolute Gasteiger partial charge is 0.311 e. The van der Waals surface area contributed by atoms with Gasteiger partial charge in [-0.2, -0.15) is 0 Å². The second-order valence-electron chi connectivity index (χ2n) is 5.60. The lowest BCUT2D eigenvalue weighted by molar-refractivity contribution is -0.142. The molecule has 2 aromatic heterocycles. The molecule has 9 heteroatoms. The van der Waals surface area contributed by atoms with Crippen LogP contribution in [0, 0.1) is 0 Å². The van der Waals surface area contributed by atoms with E-state index in [1.807, 2.05) is 30.3 Å². The van der Waals surface area contributed by atoms with Crippen LogP contribution >= 0.6 is 11.3 Å². The van der Waals surface area contributed by atoms with E-state index in [0.29, 0.717) is 29.9 Å². The van der Waals surface area contributed by atoms with Crippen LogP contribution in [0.25, 0.3) is 0 Å². The molecule has 2 heterocycles. The summed E-state index contributed by atoms with van der Waals surface area (Å²) in [6, 6.07) is 11.1. The van der Waals surface area contributed by atoms with Crippen LogP contribution in [-0.4, -0.2) is 33.4 Å². The zero-order chi connectivity index (χ0) is 19.8. The molecule has 0 saturated heterocycles. The van der Waals surface area contributed by atoms with E-state index in [2.05, 4.69) is 20.3 Å². The molecule has 144 valence electrons. The Kier molecular flexibility index (Phi) is 6.64. The van der Waals surface area contributed by atoms with Gasteiger partial charge in [0.2, 0.25) is 5.88 Å². The van der Waals surface area contributed by atoms with Crippen molar-refractivity contribution in [3.05, 3.63) is 65.1 Å². The number of carbonyl (C=O) groups is 2. The van der Waals surface area contributed by atoms with Crippen LogP contribution in [0.5, 0.6) is 5.88 Å². The third kappa shape index (κ3) is 5.58. The molecular weight excluding hydrogens is 380 g/mol. The summed E-state index contributed by atoms with van der Waals surface area (Å²) in [6.45, 7) is 2.39.